The summed E-state index contributed by atoms with van der Waals surface area (Å²) in [6, 6.07) is 22.7. The molecule has 0 bridgehead atoms. The molecule has 0 amide bonds. The van der Waals surface area contributed by atoms with Gasteiger partial charge in [0.25, 0.3) is 0 Å². The zero-order valence-corrected chi connectivity index (χ0v) is 11.4. The quantitative estimate of drug-likeness (QED) is 0.855. The molecule has 1 atom stereocenters. The van der Waals surface area contributed by atoms with Crippen LogP contribution in [-0.4, -0.2) is 6.04 Å². The normalized spacial score (nSPS) is 23.6. The molecule has 2 aromatic rings. The van der Waals surface area contributed by atoms with E-state index in [4.69, 9.17) is 0 Å². The molecule has 1 unspecified atom stereocenters. The Labute approximate surface area is 115 Å². The number of hydrogen-bond acceptors (Lipinski definition) is 1. The van der Waals surface area contributed by atoms with Gasteiger partial charge in [-0.3, -0.25) is 0 Å². The van der Waals surface area contributed by atoms with Gasteiger partial charge in [0.2, 0.25) is 0 Å². The molecule has 0 aromatic heterocycles. The van der Waals surface area contributed by atoms with Crippen LogP contribution in [0, 0.1) is 0 Å². The molecule has 19 heavy (non-hydrogen) atoms. The average Bonchev–Trinajstić information content (AvgIpc) is 2.44. The Morgan fingerprint density at radius 2 is 1.47 bits per heavy atom. The SMILES string of the molecule is CC(NC1CC(c2ccccc2)C1)c1ccccc1. The lowest BCUT2D eigenvalue weighted by Crippen LogP contribution is -2.41. The summed E-state index contributed by atoms with van der Waals surface area (Å²) in [5, 5.41) is 3.73. The Morgan fingerprint density at radius 1 is 0.895 bits per heavy atom. The highest BCUT2D eigenvalue weighted by atomic mass is 15.0. The van der Waals surface area contributed by atoms with Crippen LogP contribution in [0.3, 0.4) is 0 Å². The monoisotopic (exact) mass is 251 g/mol. The Kier molecular flexibility index (Phi) is 3.65. The zero-order valence-electron chi connectivity index (χ0n) is 11.4. The van der Waals surface area contributed by atoms with E-state index in [0.717, 1.165) is 5.92 Å². The van der Waals surface area contributed by atoms with Gasteiger partial charge in [-0.05, 0) is 36.8 Å². The van der Waals surface area contributed by atoms with Crippen molar-refractivity contribution in [2.24, 2.45) is 0 Å². The van der Waals surface area contributed by atoms with Gasteiger partial charge < -0.3 is 5.32 Å². The molecule has 2 aromatic carbocycles. The van der Waals surface area contributed by atoms with Crippen molar-refractivity contribution < 1.29 is 0 Å². The standard InChI is InChI=1S/C18H21N/c1-14(15-8-4-2-5-9-15)19-18-12-17(13-18)16-10-6-3-7-11-16/h2-11,14,17-19H,12-13H2,1H3. The third kappa shape index (κ3) is 2.87. The highest BCUT2D eigenvalue weighted by Crippen LogP contribution is 2.37. The molecule has 0 radical (unpaired) electrons. The highest BCUT2D eigenvalue weighted by Gasteiger charge is 2.30. The van der Waals surface area contributed by atoms with Gasteiger partial charge in [-0.1, -0.05) is 60.7 Å². The molecule has 1 heteroatoms. The third-order valence-electron chi connectivity index (χ3n) is 4.19. The molecule has 1 saturated carbocycles. The number of nitrogens with one attached hydrogen (secondary N) is 1. The molecule has 98 valence electrons. The van der Waals surface area contributed by atoms with E-state index in [1.807, 2.05) is 0 Å². The fraction of sp³-hybridized carbons (Fsp3) is 0.333. The molecule has 3 rings (SSSR count). The lowest BCUT2D eigenvalue weighted by Gasteiger charge is -2.38. The Balaban J connectivity index is 1.52. The third-order valence-corrected chi connectivity index (χ3v) is 4.19. The van der Waals surface area contributed by atoms with Crippen molar-refractivity contribution in [3.8, 4) is 0 Å². The molecule has 0 heterocycles. The number of benzene rings is 2. The Bertz CT molecular complexity index is 500. The summed E-state index contributed by atoms with van der Waals surface area (Å²) in [6.07, 6.45) is 2.53. The molecule has 1 aliphatic rings. The summed E-state index contributed by atoms with van der Waals surface area (Å²) in [5.74, 6) is 0.752. The van der Waals surface area contributed by atoms with E-state index in [-0.39, 0.29) is 0 Å². The molecule has 1 N–H and O–H groups in total. The molecular weight excluding hydrogens is 230 g/mol. The van der Waals surface area contributed by atoms with E-state index in [2.05, 4.69) is 72.9 Å². The minimum Gasteiger partial charge on any atom is -0.307 e. The zero-order chi connectivity index (χ0) is 13.1. The second-order valence-corrected chi connectivity index (χ2v) is 5.57. The topological polar surface area (TPSA) is 12.0 Å². The largest absolute Gasteiger partial charge is 0.307 e. The van der Waals surface area contributed by atoms with E-state index in [9.17, 15) is 0 Å². The second kappa shape index (κ2) is 5.58. The molecule has 0 saturated heterocycles. The van der Waals surface area contributed by atoms with Crippen LogP contribution < -0.4 is 5.32 Å². The van der Waals surface area contributed by atoms with Gasteiger partial charge in [0.05, 0.1) is 0 Å². The van der Waals surface area contributed by atoms with Gasteiger partial charge in [-0.15, -0.1) is 0 Å². The van der Waals surface area contributed by atoms with Crippen molar-refractivity contribution in [3.63, 3.8) is 0 Å². The summed E-state index contributed by atoms with van der Waals surface area (Å²) in [6.45, 7) is 2.26. The minimum absolute atomic E-state index is 0.447. The fourth-order valence-electron chi connectivity index (χ4n) is 2.94. The predicted octanol–water partition coefficient (Wildman–Crippen LogP) is 4.28. The van der Waals surface area contributed by atoms with Crippen molar-refractivity contribution in [3.05, 3.63) is 71.8 Å². The van der Waals surface area contributed by atoms with Crippen LogP contribution in [0.2, 0.25) is 0 Å². The summed E-state index contributed by atoms with van der Waals surface area (Å²) in [5.41, 5.74) is 2.87. The van der Waals surface area contributed by atoms with Crippen molar-refractivity contribution in [1.29, 1.82) is 0 Å². The van der Waals surface area contributed by atoms with Crippen LogP contribution in [0.4, 0.5) is 0 Å². The van der Waals surface area contributed by atoms with Gasteiger partial charge in [0.1, 0.15) is 0 Å². The van der Waals surface area contributed by atoms with E-state index in [1.54, 1.807) is 0 Å². The summed E-state index contributed by atoms with van der Waals surface area (Å²) in [4.78, 5) is 0. The maximum Gasteiger partial charge on any atom is 0.0294 e. The maximum atomic E-state index is 3.73. The van der Waals surface area contributed by atoms with Crippen LogP contribution in [0.25, 0.3) is 0 Å². The van der Waals surface area contributed by atoms with Gasteiger partial charge in [-0.25, -0.2) is 0 Å². The Hall–Kier alpha value is -1.60. The average molecular weight is 251 g/mol. The summed E-state index contributed by atoms with van der Waals surface area (Å²) < 4.78 is 0. The van der Waals surface area contributed by atoms with Crippen molar-refractivity contribution >= 4 is 0 Å². The lowest BCUT2D eigenvalue weighted by atomic mass is 9.75. The number of hydrogen-bond donors (Lipinski definition) is 1. The highest BCUT2D eigenvalue weighted by molar-refractivity contribution is 5.23. The summed E-state index contributed by atoms with van der Waals surface area (Å²) >= 11 is 0. The van der Waals surface area contributed by atoms with E-state index >= 15 is 0 Å². The first-order valence-corrected chi connectivity index (χ1v) is 7.19. The van der Waals surface area contributed by atoms with E-state index in [0.29, 0.717) is 12.1 Å². The minimum atomic E-state index is 0.447. The maximum absolute atomic E-state index is 3.73. The van der Waals surface area contributed by atoms with Crippen molar-refractivity contribution in [1.82, 2.24) is 5.32 Å². The summed E-state index contributed by atoms with van der Waals surface area (Å²) in [7, 11) is 0. The molecule has 1 fully saturated rings. The van der Waals surface area contributed by atoms with Crippen LogP contribution in [0.5, 0.6) is 0 Å². The lowest BCUT2D eigenvalue weighted by molar-refractivity contribution is 0.271. The van der Waals surface area contributed by atoms with Gasteiger partial charge in [-0.2, -0.15) is 0 Å². The van der Waals surface area contributed by atoms with Crippen molar-refractivity contribution in [2.45, 2.75) is 37.8 Å². The van der Waals surface area contributed by atoms with E-state index < -0.39 is 0 Å². The first kappa shape index (κ1) is 12.4. The van der Waals surface area contributed by atoms with Crippen LogP contribution in [0.1, 0.15) is 42.9 Å². The molecule has 1 aliphatic carbocycles. The smallest absolute Gasteiger partial charge is 0.0294 e. The van der Waals surface area contributed by atoms with Crippen LogP contribution in [-0.2, 0) is 0 Å². The number of rotatable bonds is 4. The van der Waals surface area contributed by atoms with E-state index in [1.165, 1.54) is 24.0 Å². The molecule has 1 nitrogen and oxygen atoms in total. The molecule has 0 spiro atoms. The van der Waals surface area contributed by atoms with Gasteiger partial charge >= 0.3 is 0 Å². The Morgan fingerprint density at radius 3 is 2.11 bits per heavy atom. The van der Waals surface area contributed by atoms with Gasteiger partial charge in [0.15, 0.2) is 0 Å². The molecular formula is C18H21N. The first-order chi connectivity index (χ1) is 9.33. The van der Waals surface area contributed by atoms with Crippen molar-refractivity contribution in [2.75, 3.05) is 0 Å². The van der Waals surface area contributed by atoms with Crippen LogP contribution >= 0.6 is 0 Å². The molecule has 0 aliphatic heterocycles. The fourth-order valence-corrected chi connectivity index (χ4v) is 2.94. The van der Waals surface area contributed by atoms with Crippen LogP contribution in [0.15, 0.2) is 60.7 Å². The first-order valence-electron chi connectivity index (χ1n) is 7.19. The predicted molar refractivity (Wildman–Crippen MR) is 80.2 cm³/mol. The van der Waals surface area contributed by atoms with Gasteiger partial charge in [0, 0.05) is 12.1 Å². The second-order valence-electron chi connectivity index (χ2n) is 5.57.